The van der Waals surface area contributed by atoms with E-state index in [4.69, 9.17) is 10.5 Å². The van der Waals surface area contributed by atoms with Crippen LogP contribution in [0.15, 0.2) is 18.2 Å². The first-order valence-corrected chi connectivity index (χ1v) is 8.63. The molecular weight excluding hydrogens is 258 g/mol. The molecule has 0 radical (unpaired) electrons. The molecule has 0 heterocycles. The van der Waals surface area contributed by atoms with Crippen LogP contribution in [0.2, 0.25) is 0 Å². The quantitative estimate of drug-likeness (QED) is 0.855. The minimum Gasteiger partial charge on any atom is -0.493 e. The van der Waals surface area contributed by atoms with Crippen LogP contribution < -0.4 is 10.5 Å². The number of fused-ring (bicyclic) bond motifs is 2. The summed E-state index contributed by atoms with van der Waals surface area (Å²) in [6.45, 7) is 5.19. The van der Waals surface area contributed by atoms with Crippen molar-refractivity contribution in [2.75, 3.05) is 6.61 Å². The smallest absolute Gasteiger partial charge is 0.122 e. The predicted octanol–water partition coefficient (Wildman–Crippen LogP) is 4.09. The normalized spacial score (nSPS) is 28.8. The maximum Gasteiger partial charge on any atom is 0.122 e. The Morgan fingerprint density at radius 3 is 2.81 bits per heavy atom. The van der Waals surface area contributed by atoms with E-state index >= 15 is 0 Å². The molecule has 0 spiro atoms. The molecule has 0 amide bonds. The fraction of sp³-hybridized carbons (Fsp3) is 0.684. The van der Waals surface area contributed by atoms with E-state index in [0.29, 0.717) is 0 Å². The minimum absolute atomic E-state index is 0.233. The van der Waals surface area contributed by atoms with Crippen molar-refractivity contribution in [3.8, 4) is 5.75 Å². The molecule has 2 nitrogen and oxygen atoms in total. The van der Waals surface area contributed by atoms with Gasteiger partial charge < -0.3 is 10.5 Å². The fourth-order valence-electron chi connectivity index (χ4n) is 4.21. The van der Waals surface area contributed by atoms with Crippen molar-refractivity contribution < 1.29 is 4.74 Å². The van der Waals surface area contributed by atoms with Gasteiger partial charge in [0.25, 0.3) is 0 Å². The molecule has 2 aliphatic carbocycles. The summed E-state index contributed by atoms with van der Waals surface area (Å²) >= 11 is 0. The number of aryl methyl sites for hydroxylation is 1. The molecule has 2 bridgehead atoms. The highest BCUT2D eigenvalue weighted by molar-refractivity contribution is 5.37. The number of ether oxygens (including phenoxy) is 1. The number of rotatable bonds is 6. The zero-order valence-electron chi connectivity index (χ0n) is 13.5. The molecule has 0 aliphatic heterocycles. The van der Waals surface area contributed by atoms with Gasteiger partial charge in [0, 0.05) is 6.04 Å². The Labute approximate surface area is 129 Å². The van der Waals surface area contributed by atoms with Crippen LogP contribution in [-0.2, 0) is 6.42 Å². The van der Waals surface area contributed by atoms with Gasteiger partial charge in [-0.05, 0) is 68.4 Å². The average Bonchev–Trinajstić information content (AvgIpc) is 3.09. The molecule has 4 atom stereocenters. The third kappa shape index (κ3) is 3.42. The Balaban J connectivity index is 1.64. The van der Waals surface area contributed by atoms with E-state index in [9.17, 15) is 0 Å². The standard InChI is InChI=1S/C19H29NO/c1-3-18(20)11-16-8-13(2)4-7-19(16)21-12-17-10-14-5-6-15(17)9-14/h4,7-8,14-15,17-18H,3,5-6,9-12,20H2,1-2H3. The lowest BCUT2D eigenvalue weighted by molar-refractivity contribution is 0.194. The Morgan fingerprint density at radius 2 is 2.14 bits per heavy atom. The van der Waals surface area contributed by atoms with Crippen molar-refractivity contribution in [3.63, 3.8) is 0 Å². The maximum atomic E-state index is 6.22. The minimum atomic E-state index is 0.233. The second kappa shape index (κ2) is 6.39. The summed E-state index contributed by atoms with van der Waals surface area (Å²) in [5.41, 5.74) is 8.71. The van der Waals surface area contributed by atoms with Crippen molar-refractivity contribution in [1.82, 2.24) is 0 Å². The highest BCUT2D eigenvalue weighted by Crippen LogP contribution is 2.48. The van der Waals surface area contributed by atoms with Crippen LogP contribution in [0.5, 0.6) is 5.75 Å². The van der Waals surface area contributed by atoms with Crippen molar-refractivity contribution in [2.45, 2.75) is 58.4 Å². The van der Waals surface area contributed by atoms with Crippen molar-refractivity contribution in [2.24, 2.45) is 23.5 Å². The fourth-order valence-corrected chi connectivity index (χ4v) is 4.21. The molecule has 2 aliphatic rings. The van der Waals surface area contributed by atoms with Gasteiger partial charge in [0.05, 0.1) is 6.61 Å². The van der Waals surface area contributed by atoms with Gasteiger partial charge in [-0.3, -0.25) is 0 Å². The highest BCUT2D eigenvalue weighted by atomic mass is 16.5. The van der Waals surface area contributed by atoms with Crippen LogP contribution in [0.1, 0.15) is 50.2 Å². The van der Waals surface area contributed by atoms with E-state index in [2.05, 4.69) is 32.0 Å². The SMILES string of the molecule is CCC(N)Cc1cc(C)ccc1OCC1CC2CCC1C2. The van der Waals surface area contributed by atoms with E-state index < -0.39 is 0 Å². The number of hydrogen-bond acceptors (Lipinski definition) is 2. The van der Waals surface area contributed by atoms with Gasteiger partial charge in [-0.15, -0.1) is 0 Å². The van der Waals surface area contributed by atoms with Crippen molar-refractivity contribution in [1.29, 1.82) is 0 Å². The zero-order chi connectivity index (χ0) is 14.8. The molecule has 3 rings (SSSR count). The summed E-state index contributed by atoms with van der Waals surface area (Å²) in [4.78, 5) is 0. The number of nitrogens with two attached hydrogens (primary N) is 1. The lowest BCUT2D eigenvalue weighted by Gasteiger charge is -2.23. The number of benzene rings is 1. The summed E-state index contributed by atoms with van der Waals surface area (Å²) < 4.78 is 6.22. The molecule has 0 saturated heterocycles. The first-order chi connectivity index (χ1) is 10.2. The van der Waals surface area contributed by atoms with Crippen molar-refractivity contribution in [3.05, 3.63) is 29.3 Å². The Hall–Kier alpha value is -1.02. The average molecular weight is 287 g/mol. The molecule has 21 heavy (non-hydrogen) atoms. The van der Waals surface area contributed by atoms with Gasteiger partial charge in [0.1, 0.15) is 5.75 Å². The number of hydrogen-bond donors (Lipinski definition) is 1. The molecular formula is C19H29NO. The molecule has 4 unspecified atom stereocenters. The second-order valence-electron chi connectivity index (χ2n) is 7.23. The Bertz CT molecular complexity index is 484. The molecule has 1 aromatic rings. The second-order valence-corrected chi connectivity index (χ2v) is 7.23. The van der Waals surface area contributed by atoms with E-state index in [-0.39, 0.29) is 6.04 Å². The summed E-state index contributed by atoms with van der Waals surface area (Å²) in [5, 5.41) is 0. The van der Waals surface area contributed by atoms with Crippen molar-refractivity contribution >= 4 is 0 Å². The third-order valence-corrected chi connectivity index (χ3v) is 5.56. The molecule has 2 fully saturated rings. The topological polar surface area (TPSA) is 35.2 Å². The summed E-state index contributed by atoms with van der Waals surface area (Å²) in [6.07, 6.45) is 7.67. The van der Waals surface area contributed by atoms with Gasteiger partial charge >= 0.3 is 0 Å². The van der Waals surface area contributed by atoms with E-state index in [1.54, 1.807) is 0 Å². The first-order valence-electron chi connectivity index (χ1n) is 8.63. The van der Waals surface area contributed by atoms with E-state index in [1.807, 2.05) is 0 Å². The summed E-state index contributed by atoms with van der Waals surface area (Å²) in [7, 11) is 0. The molecule has 116 valence electrons. The van der Waals surface area contributed by atoms with E-state index in [0.717, 1.165) is 43.0 Å². The molecule has 2 saturated carbocycles. The zero-order valence-corrected chi connectivity index (χ0v) is 13.5. The lowest BCUT2D eigenvalue weighted by Crippen LogP contribution is -2.23. The molecule has 1 aromatic carbocycles. The van der Waals surface area contributed by atoms with Crippen LogP contribution in [0.4, 0.5) is 0 Å². The van der Waals surface area contributed by atoms with Gasteiger partial charge in [0.2, 0.25) is 0 Å². The van der Waals surface area contributed by atoms with Crippen LogP contribution in [0.25, 0.3) is 0 Å². The van der Waals surface area contributed by atoms with Crippen LogP contribution in [-0.4, -0.2) is 12.6 Å². The summed E-state index contributed by atoms with van der Waals surface area (Å²) in [5.74, 6) is 3.78. The predicted molar refractivity (Wildman–Crippen MR) is 87.6 cm³/mol. The largest absolute Gasteiger partial charge is 0.493 e. The Morgan fingerprint density at radius 1 is 1.29 bits per heavy atom. The molecule has 2 heteroatoms. The lowest BCUT2D eigenvalue weighted by atomic mass is 9.89. The monoisotopic (exact) mass is 287 g/mol. The first kappa shape index (κ1) is 14.9. The van der Waals surface area contributed by atoms with Gasteiger partial charge in [-0.1, -0.05) is 31.0 Å². The Kier molecular flexibility index (Phi) is 4.54. The van der Waals surface area contributed by atoms with E-state index in [1.165, 1.54) is 36.8 Å². The maximum absolute atomic E-state index is 6.22. The third-order valence-electron chi connectivity index (χ3n) is 5.56. The van der Waals surface area contributed by atoms with Gasteiger partial charge in [-0.25, -0.2) is 0 Å². The molecule has 2 N–H and O–H groups in total. The van der Waals surface area contributed by atoms with Gasteiger partial charge in [0.15, 0.2) is 0 Å². The molecule has 0 aromatic heterocycles. The highest BCUT2D eigenvalue weighted by Gasteiger charge is 2.39. The van der Waals surface area contributed by atoms with Gasteiger partial charge in [-0.2, -0.15) is 0 Å². The van der Waals surface area contributed by atoms with Crippen LogP contribution in [0.3, 0.4) is 0 Å². The summed E-state index contributed by atoms with van der Waals surface area (Å²) in [6, 6.07) is 6.76. The van der Waals surface area contributed by atoms with Crippen LogP contribution >= 0.6 is 0 Å². The van der Waals surface area contributed by atoms with Crippen LogP contribution in [0, 0.1) is 24.7 Å².